The molecule has 2 rings (SSSR count). The average molecular weight is 375 g/mol. The zero-order chi connectivity index (χ0) is 14.0. The van der Waals surface area contributed by atoms with Crippen LogP contribution in [0.1, 0.15) is 46.5 Å². The van der Waals surface area contributed by atoms with Crippen LogP contribution in [-0.2, 0) is 0 Å². The van der Waals surface area contributed by atoms with Crippen LogP contribution in [0.2, 0.25) is 0 Å². The van der Waals surface area contributed by atoms with E-state index in [0.717, 1.165) is 15.2 Å². The first-order valence-electron chi connectivity index (χ1n) is 7.08. The average Bonchev–Trinajstić information content (AvgIpc) is 2.32. The molecule has 0 amide bonds. The lowest BCUT2D eigenvalue weighted by Gasteiger charge is -2.37. The van der Waals surface area contributed by atoms with Gasteiger partial charge in [-0.25, -0.2) is 4.39 Å². The summed E-state index contributed by atoms with van der Waals surface area (Å²) in [5.41, 5.74) is 1.50. The van der Waals surface area contributed by atoms with Gasteiger partial charge in [0.2, 0.25) is 0 Å². The van der Waals surface area contributed by atoms with Gasteiger partial charge in [0.1, 0.15) is 5.82 Å². The van der Waals surface area contributed by atoms with Crippen LogP contribution in [0.5, 0.6) is 0 Å². The molecule has 0 atom stereocenters. The molecule has 0 heterocycles. The van der Waals surface area contributed by atoms with E-state index in [0.29, 0.717) is 11.5 Å². The standard InChI is InChI=1S/C16H23FIN/c1-16(2,3)11-4-7-13(8-5-11)19-15-9-6-12(17)10-14(15)18/h6,9-11,13,19H,4-5,7-8H2,1-3H3. The summed E-state index contributed by atoms with van der Waals surface area (Å²) in [6.45, 7) is 7.02. The smallest absolute Gasteiger partial charge is 0.124 e. The fourth-order valence-corrected chi connectivity index (χ4v) is 3.56. The van der Waals surface area contributed by atoms with Crippen molar-refractivity contribution in [3.8, 4) is 0 Å². The highest BCUT2D eigenvalue weighted by atomic mass is 127. The number of anilines is 1. The zero-order valence-corrected chi connectivity index (χ0v) is 14.1. The van der Waals surface area contributed by atoms with Gasteiger partial charge < -0.3 is 5.32 Å². The molecule has 1 nitrogen and oxygen atoms in total. The Kier molecular flexibility index (Phi) is 4.75. The molecule has 1 aliphatic carbocycles. The zero-order valence-electron chi connectivity index (χ0n) is 12.0. The van der Waals surface area contributed by atoms with Crippen LogP contribution in [0.3, 0.4) is 0 Å². The van der Waals surface area contributed by atoms with E-state index < -0.39 is 0 Å². The Labute approximate surface area is 129 Å². The molecular weight excluding hydrogens is 352 g/mol. The quantitative estimate of drug-likeness (QED) is 0.678. The molecule has 1 saturated carbocycles. The summed E-state index contributed by atoms with van der Waals surface area (Å²) in [6, 6.07) is 5.51. The summed E-state index contributed by atoms with van der Waals surface area (Å²) in [6.07, 6.45) is 5.02. The third-order valence-corrected chi connectivity index (χ3v) is 5.14. The molecule has 0 unspecified atom stereocenters. The second-order valence-corrected chi connectivity index (χ2v) is 7.85. The SMILES string of the molecule is CC(C)(C)C1CCC(Nc2ccc(F)cc2I)CC1. The van der Waals surface area contributed by atoms with Crippen molar-refractivity contribution in [3.63, 3.8) is 0 Å². The molecule has 1 fully saturated rings. The predicted molar refractivity (Wildman–Crippen MR) is 87.9 cm³/mol. The van der Waals surface area contributed by atoms with Gasteiger partial charge in [-0.2, -0.15) is 0 Å². The minimum absolute atomic E-state index is 0.161. The number of hydrogen-bond donors (Lipinski definition) is 1. The van der Waals surface area contributed by atoms with Gasteiger partial charge in [-0.05, 0) is 77.8 Å². The number of benzene rings is 1. The van der Waals surface area contributed by atoms with Gasteiger partial charge in [-0.3, -0.25) is 0 Å². The lowest BCUT2D eigenvalue weighted by Crippen LogP contribution is -2.31. The van der Waals surface area contributed by atoms with Gasteiger partial charge in [-0.15, -0.1) is 0 Å². The minimum Gasteiger partial charge on any atom is -0.381 e. The van der Waals surface area contributed by atoms with Crippen molar-refractivity contribution in [1.82, 2.24) is 0 Å². The van der Waals surface area contributed by atoms with Crippen LogP contribution in [0.4, 0.5) is 10.1 Å². The molecule has 106 valence electrons. The van der Waals surface area contributed by atoms with E-state index in [1.165, 1.54) is 31.7 Å². The van der Waals surface area contributed by atoms with Crippen molar-refractivity contribution < 1.29 is 4.39 Å². The van der Waals surface area contributed by atoms with E-state index in [-0.39, 0.29) is 5.82 Å². The first kappa shape index (κ1) is 15.1. The maximum Gasteiger partial charge on any atom is 0.124 e. The highest BCUT2D eigenvalue weighted by molar-refractivity contribution is 14.1. The minimum atomic E-state index is -0.161. The molecule has 0 radical (unpaired) electrons. The molecule has 1 N–H and O–H groups in total. The first-order chi connectivity index (χ1) is 8.86. The lowest BCUT2D eigenvalue weighted by atomic mass is 9.71. The van der Waals surface area contributed by atoms with Gasteiger partial charge >= 0.3 is 0 Å². The highest BCUT2D eigenvalue weighted by Crippen LogP contribution is 2.38. The van der Waals surface area contributed by atoms with Gasteiger partial charge in [0, 0.05) is 15.3 Å². The van der Waals surface area contributed by atoms with Gasteiger partial charge in [0.15, 0.2) is 0 Å². The lowest BCUT2D eigenvalue weighted by molar-refractivity contribution is 0.173. The molecule has 1 aromatic rings. The molecule has 19 heavy (non-hydrogen) atoms. The van der Waals surface area contributed by atoms with E-state index in [4.69, 9.17) is 0 Å². The Hall–Kier alpha value is -0.320. The number of rotatable bonds is 2. The molecule has 0 saturated heterocycles. The second-order valence-electron chi connectivity index (χ2n) is 6.68. The molecule has 1 aromatic carbocycles. The van der Waals surface area contributed by atoms with Crippen LogP contribution >= 0.6 is 22.6 Å². The Morgan fingerprint density at radius 1 is 1.16 bits per heavy atom. The Morgan fingerprint density at radius 2 is 1.79 bits per heavy atom. The van der Waals surface area contributed by atoms with Crippen molar-refractivity contribution in [2.24, 2.45) is 11.3 Å². The van der Waals surface area contributed by atoms with Crippen molar-refractivity contribution in [2.75, 3.05) is 5.32 Å². The highest BCUT2D eigenvalue weighted by Gasteiger charge is 2.29. The van der Waals surface area contributed by atoms with E-state index in [1.807, 2.05) is 6.07 Å². The van der Waals surface area contributed by atoms with Crippen LogP contribution in [0.25, 0.3) is 0 Å². The van der Waals surface area contributed by atoms with E-state index in [9.17, 15) is 4.39 Å². The van der Waals surface area contributed by atoms with Gasteiger partial charge in [-0.1, -0.05) is 20.8 Å². The number of halogens is 2. The topological polar surface area (TPSA) is 12.0 Å². The summed E-state index contributed by atoms with van der Waals surface area (Å²) in [5, 5.41) is 3.57. The normalized spacial score (nSPS) is 24.3. The van der Waals surface area contributed by atoms with E-state index in [2.05, 4.69) is 48.7 Å². The Bertz CT molecular complexity index is 431. The third-order valence-electron chi connectivity index (χ3n) is 4.24. The fraction of sp³-hybridized carbons (Fsp3) is 0.625. The molecule has 0 bridgehead atoms. The van der Waals surface area contributed by atoms with Gasteiger partial charge in [0.25, 0.3) is 0 Å². The van der Waals surface area contributed by atoms with E-state index >= 15 is 0 Å². The van der Waals surface area contributed by atoms with E-state index in [1.54, 1.807) is 6.07 Å². The molecule has 3 heteroatoms. The Balaban J connectivity index is 1.92. The maximum atomic E-state index is 13.1. The van der Waals surface area contributed by atoms with Crippen molar-refractivity contribution in [1.29, 1.82) is 0 Å². The van der Waals surface area contributed by atoms with Crippen LogP contribution in [-0.4, -0.2) is 6.04 Å². The third kappa shape index (κ3) is 4.07. The molecule has 0 aromatic heterocycles. The first-order valence-corrected chi connectivity index (χ1v) is 8.16. The summed E-state index contributed by atoms with van der Waals surface area (Å²) in [4.78, 5) is 0. The number of nitrogens with one attached hydrogen (secondary N) is 1. The monoisotopic (exact) mass is 375 g/mol. The predicted octanol–water partition coefficient (Wildman–Crippen LogP) is 5.45. The fourth-order valence-electron chi connectivity index (χ4n) is 2.93. The van der Waals surface area contributed by atoms with Crippen LogP contribution in [0.15, 0.2) is 18.2 Å². The van der Waals surface area contributed by atoms with Crippen molar-refractivity contribution in [3.05, 3.63) is 27.6 Å². The summed E-state index contributed by atoms with van der Waals surface area (Å²) >= 11 is 2.20. The molecule has 0 spiro atoms. The maximum absolute atomic E-state index is 13.1. The molecule has 0 aliphatic heterocycles. The molecular formula is C16H23FIN. The second kappa shape index (κ2) is 5.98. The largest absolute Gasteiger partial charge is 0.381 e. The van der Waals surface area contributed by atoms with Crippen LogP contribution in [0, 0.1) is 20.7 Å². The Morgan fingerprint density at radius 3 is 2.32 bits per heavy atom. The molecule has 1 aliphatic rings. The summed E-state index contributed by atoms with van der Waals surface area (Å²) in [5.74, 6) is 0.671. The van der Waals surface area contributed by atoms with Crippen LogP contribution < -0.4 is 5.32 Å². The van der Waals surface area contributed by atoms with Gasteiger partial charge in [0.05, 0.1) is 0 Å². The van der Waals surface area contributed by atoms with Crippen molar-refractivity contribution in [2.45, 2.75) is 52.5 Å². The summed E-state index contributed by atoms with van der Waals surface area (Å²) in [7, 11) is 0. The summed E-state index contributed by atoms with van der Waals surface area (Å²) < 4.78 is 14.0. The number of hydrogen-bond acceptors (Lipinski definition) is 1. The van der Waals surface area contributed by atoms with Crippen molar-refractivity contribution >= 4 is 28.3 Å².